The summed E-state index contributed by atoms with van der Waals surface area (Å²) in [5.74, 6) is 0.550. The third kappa shape index (κ3) is 3.80. The van der Waals surface area contributed by atoms with E-state index in [1.807, 2.05) is 35.0 Å². The second-order valence-corrected chi connectivity index (χ2v) is 5.24. The number of esters is 1. The largest absolute Gasteiger partial charge is 0.493 e. The number of hydrogen-bond acceptors (Lipinski definition) is 5. The number of methoxy groups -OCH3 is 1. The first-order valence-corrected chi connectivity index (χ1v) is 7.72. The van der Waals surface area contributed by atoms with Crippen molar-refractivity contribution in [3.05, 3.63) is 72.7 Å². The van der Waals surface area contributed by atoms with E-state index in [-0.39, 0.29) is 6.61 Å². The third-order valence-electron chi connectivity index (χ3n) is 3.52. The molecule has 128 valence electrons. The van der Waals surface area contributed by atoms with Crippen LogP contribution in [0.4, 0.5) is 0 Å². The molecule has 0 aliphatic carbocycles. The summed E-state index contributed by atoms with van der Waals surface area (Å²) in [5, 5.41) is 0. The summed E-state index contributed by atoms with van der Waals surface area (Å²) < 4.78 is 17.9. The Morgan fingerprint density at radius 3 is 2.92 bits per heavy atom. The lowest BCUT2D eigenvalue weighted by Crippen LogP contribution is -2.06. The summed E-state index contributed by atoms with van der Waals surface area (Å²) in [5.41, 5.74) is 1.86. The number of benzene rings is 1. The number of aromatic nitrogens is 2. The second-order valence-electron chi connectivity index (χ2n) is 5.24. The van der Waals surface area contributed by atoms with Gasteiger partial charge in [0.15, 0.2) is 11.5 Å². The molecule has 0 bridgehead atoms. The lowest BCUT2D eigenvalue weighted by molar-refractivity contribution is 0.0468. The van der Waals surface area contributed by atoms with Crippen molar-refractivity contribution in [1.82, 2.24) is 9.38 Å². The molecular weight excluding hydrogens is 320 g/mol. The standard InChI is InChI=1S/C19H18N2O4/c1-3-10-24-16-8-7-14(11-17(16)23-2)19(22)25-13-15-12-21-9-5-4-6-18(21)20-15/h3-9,11-12H,1,10,13H2,2H3. The fourth-order valence-corrected chi connectivity index (χ4v) is 2.34. The van der Waals surface area contributed by atoms with E-state index < -0.39 is 5.97 Å². The maximum absolute atomic E-state index is 12.3. The molecule has 0 aliphatic heterocycles. The number of fused-ring (bicyclic) bond motifs is 1. The SMILES string of the molecule is C=CCOc1ccc(C(=O)OCc2cn3ccccc3n2)cc1OC. The lowest BCUT2D eigenvalue weighted by Gasteiger charge is -2.10. The molecule has 2 aromatic heterocycles. The number of pyridine rings is 1. The van der Waals surface area contributed by atoms with E-state index in [1.54, 1.807) is 24.3 Å². The molecule has 6 nitrogen and oxygen atoms in total. The number of carbonyl (C=O) groups is 1. The first-order valence-electron chi connectivity index (χ1n) is 7.72. The van der Waals surface area contributed by atoms with Gasteiger partial charge in [-0.2, -0.15) is 0 Å². The van der Waals surface area contributed by atoms with E-state index in [9.17, 15) is 4.79 Å². The number of carbonyl (C=O) groups excluding carboxylic acids is 1. The number of ether oxygens (including phenoxy) is 3. The molecular formula is C19H18N2O4. The van der Waals surface area contributed by atoms with E-state index in [2.05, 4.69) is 11.6 Å². The van der Waals surface area contributed by atoms with Gasteiger partial charge in [0.05, 0.1) is 18.4 Å². The van der Waals surface area contributed by atoms with Crippen molar-refractivity contribution in [3.63, 3.8) is 0 Å². The maximum Gasteiger partial charge on any atom is 0.338 e. The minimum Gasteiger partial charge on any atom is -0.493 e. The van der Waals surface area contributed by atoms with Crippen molar-refractivity contribution in [3.8, 4) is 11.5 Å². The van der Waals surface area contributed by atoms with Crippen molar-refractivity contribution in [2.75, 3.05) is 13.7 Å². The number of rotatable bonds is 7. The van der Waals surface area contributed by atoms with E-state index >= 15 is 0 Å². The Morgan fingerprint density at radius 2 is 2.16 bits per heavy atom. The van der Waals surface area contributed by atoms with Crippen LogP contribution in [0.5, 0.6) is 11.5 Å². The van der Waals surface area contributed by atoms with Crippen LogP contribution in [0.25, 0.3) is 5.65 Å². The van der Waals surface area contributed by atoms with E-state index in [4.69, 9.17) is 14.2 Å². The summed E-state index contributed by atoms with van der Waals surface area (Å²) in [4.78, 5) is 16.6. The Balaban J connectivity index is 1.68. The minimum atomic E-state index is -0.453. The number of nitrogens with zero attached hydrogens (tertiary/aromatic N) is 2. The van der Waals surface area contributed by atoms with Crippen molar-refractivity contribution in [2.45, 2.75) is 6.61 Å². The van der Waals surface area contributed by atoms with Gasteiger partial charge in [0, 0.05) is 12.4 Å². The fraction of sp³-hybridized carbons (Fsp3) is 0.158. The molecule has 25 heavy (non-hydrogen) atoms. The van der Waals surface area contributed by atoms with Gasteiger partial charge in [-0.15, -0.1) is 0 Å². The van der Waals surface area contributed by atoms with Gasteiger partial charge in [0.25, 0.3) is 0 Å². The van der Waals surface area contributed by atoms with Crippen LogP contribution in [-0.2, 0) is 11.3 Å². The van der Waals surface area contributed by atoms with Gasteiger partial charge in [0.1, 0.15) is 18.9 Å². The molecule has 0 N–H and O–H groups in total. The van der Waals surface area contributed by atoms with Gasteiger partial charge in [-0.3, -0.25) is 0 Å². The van der Waals surface area contributed by atoms with Crippen LogP contribution in [-0.4, -0.2) is 29.1 Å². The van der Waals surface area contributed by atoms with Crippen LogP contribution in [0.15, 0.2) is 61.4 Å². The van der Waals surface area contributed by atoms with Crippen LogP contribution < -0.4 is 9.47 Å². The molecule has 6 heteroatoms. The fourth-order valence-electron chi connectivity index (χ4n) is 2.34. The summed E-state index contributed by atoms with van der Waals surface area (Å²) in [7, 11) is 1.52. The first-order chi connectivity index (χ1) is 12.2. The van der Waals surface area contributed by atoms with E-state index in [1.165, 1.54) is 7.11 Å². The average Bonchev–Trinajstić information content (AvgIpc) is 3.07. The zero-order valence-electron chi connectivity index (χ0n) is 13.8. The van der Waals surface area contributed by atoms with Gasteiger partial charge in [-0.25, -0.2) is 9.78 Å². The van der Waals surface area contributed by atoms with Crippen LogP contribution in [0.3, 0.4) is 0 Å². The monoisotopic (exact) mass is 338 g/mol. The molecule has 0 spiro atoms. The molecule has 0 amide bonds. The van der Waals surface area contributed by atoms with Crippen molar-refractivity contribution >= 4 is 11.6 Å². The van der Waals surface area contributed by atoms with Gasteiger partial charge in [-0.05, 0) is 30.3 Å². The average molecular weight is 338 g/mol. The molecule has 0 radical (unpaired) electrons. The van der Waals surface area contributed by atoms with E-state index in [0.29, 0.717) is 29.4 Å². The highest BCUT2D eigenvalue weighted by Crippen LogP contribution is 2.28. The Labute approximate surface area is 145 Å². The lowest BCUT2D eigenvalue weighted by atomic mass is 10.2. The maximum atomic E-state index is 12.3. The quantitative estimate of drug-likeness (QED) is 0.489. The number of imidazole rings is 1. The van der Waals surface area contributed by atoms with Crippen molar-refractivity contribution < 1.29 is 19.0 Å². The Hall–Kier alpha value is -3.28. The second kappa shape index (κ2) is 7.53. The minimum absolute atomic E-state index is 0.0948. The van der Waals surface area contributed by atoms with Crippen molar-refractivity contribution in [1.29, 1.82) is 0 Å². The third-order valence-corrected chi connectivity index (χ3v) is 3.52. The highest BCUT2D eigenvalue weighted by atomic mass is 16.5. The zero-order valence-corrected chi connectivity index (χ0v) is 13.8. The highest BCUT2D eigenvalue weighted by molar-refractivity contribution is 5.90. The first kappa shape index (κ1) is 16.6. The molecule has 0 unspecified atom stereocenters. The summed E-state index contributed by atoms with van der Waals surface area (Å²) in [6.45, 7) is 4.05. The smallest absolute Gasteiger partial charge is 0.338 e. The normalized spacial score (nSPS) is 10.4. The Kier molecular flexibility index (Phi) is 4.99. The van der Waals surface area contributed by atoms with Gasteiger partial charge >= 0.3 is 5.97 Å². The van der Waals surface area contributed by atoms with E-state index in [0.717, 1.165) is 5.65 Å². The summed E-state index contributed by atoms with van der Waals surface area (Å²) >= 11 is 0. The zero-order chi connectivity index (χ0) is 17.6. The Morgan fingerprint density at radius 1 is 1.28 bits per heavy atom. The molecule has 0 fully saturated rings. The molecule has 3 rings (SSSR count). The Bertz CT molecular complexity index is 868. The van der Waals surface area contributed by atoms with Crippen LogP contribution in [0, 0.1) is 0 Å². The van der Waals surface area contributed by atoms with Crippen molar-refractivity contribution in [2.24, 2.45) is 0 Å². The number of hydrogen-bond donors (Lipinski definition) is 0. The predicted molar refractivity (Wildman–Crippen MR) is 93.0 cm³/mol. The molecule has 0 saturated carbocycles. The van der Waals surface area contributed by atoms with Crippen LogP contribution >= 0.6 is 0 Å². The summed E-state index contributed by atoms with van der Waals surface area (Å²) in [6.07, 6.45) is 5.35. The highest BCUT2D eigenvalue weighted by Gasteiger charge is 2.13. The topological polar surface area (TPSA) is 62.1 Å². The molecule has 1 aromatic carbocycles. The van der Waals surface area contributed by atoms with Gasteiger partial charge < -0.3 is 18.6 Å². The molecule has 0 saturated heterocycles. The van der Waals surface area contributed by atoms with Crippen LogP contribution in [0.1, 0.15) is 16.1 Å². The van der Waals surface area contributed by atoms with Gasteiger partial charge in [0.2, 0.25) is 0 Å². The predicted octanol–water partition coefficient (Wildman–Crippen LogP) is 3.26. The molecule has 0 atom stereocenters. The molecule has 2 heterocycles. The molecule has 3 aromatic rings. The van der Waals surface area contributed by atoms with Crippen LogP contribution in [0.2, 0.25) is 0 Å². The van der Waals surface area contributed by atoms with Gasteiger partial charge in [-0.1, -0.05) is 18.7 Å². The summed E-state index contributed by atoms with van der Waals surface area (Å²) in [6, 6.07) is 10.6. The molecule has 0 aliphatic rings.